The first-order valence-corrected chi connectivity index (χ1v) is 7.93. The van der Waals surface area contributed by atoms with Crippen LogP contribution >= 0.6 is 0 Å². The summed E-state index contributed by atoms with van der Waals surface area (Å²) >= 11 is -1.64. The van der Waals surface area contributed by atoms with E-state index in [4.69, 9.17) is 0 Å². The fraction of sp³-hybridized carbons (Fsp3) is 0.500. The molecule has 1 aromatic carbocycles. The van der Waals surface area contributed by atoms with Gasteiger partial charge in [0.1, 0.15) is 24.3 Å². The lowest BCUT2D eigenvalue weighted by atomic mass is 9.89. The highest BCUT2D eigenvalue weighted by molar-refractivity contribution is 7.89. The van der Waals surface area contributed by atoms with Gasteiger partial charge in [-0.3, -0.25) is 0 Å². The number of benzene rings is 1. The average Bonchev–Trinajstić information content (AvgIpc) is 2.47. The van der Waals surface area contributed by atoms with Crippen molar-refractivity contribution in [2.24, 2.45) is 0 Å². The van der Waals surface area contributed by atoms with E-state index in [1.807, 2.05) is 6.92 Å². The van der Waals surface area contributed by atoms with Crippen LogP contribution in [0.1, 0.15) is 31.7 Å². The molecule has 0 spiro atoms. The number of halogens is 3. The maximum absolute atomic E-state index is 13.9. The molecule has 21 heavy (non-hydrogen) atoms. The normalized spacial score (nSPS) is 15.5. The molecule has 0 bridgehead atoms. The molecule has 0 fully saturated rings. The molecule has 0 amide bonds. The Morgan fingerprint density at radius 2 is 2.14 bits per heavy atom. The van der Waals surface area contributed by atoms with E-state index >= 15 is 0 Å². The van der Waals surface area contributed by atoms with Crippen LogP contribution in [-0.2, 0) is 21.7 Å². The third kappa shape index (κ3) is 4.46. The maximum Gasteiger partial charge on any atom is 0.164 e. The third-order valence-corrected chi connectivity index (χ3v) is 4.40. The van der Waals surface area contributed by atoms with Crippen LogP contribution in [0.25, 0.3) is 0 Å². The smallest absolute Gasteiger partial charge is 0.164 e. The molecule has 0 aliphatic rings. The Hall–Kier alpha value is -1.05. The average molecular weight is 321 g/mol. The second-order valence-corrected chi connectivity index (χ2v) is 6.00. The quantitative estimate of drug-likeness (QED) is 0.562. The lowest BCUT2D eigenvalue weighted by Gasteiger charge is -2.31. The highest BCUT2D eigenvalue weighted by Gasteiger charge is 2.39. The predicted molar refractivity (Wildman–Crippen MR) is 75.7 cm³/mol. The Bertz CT molecular complexity index is 476. The molecule has 0 aliphatic carbocycles. The molecular formula is C14H18F3NO2S. The lowest BCUT2D eigenvalue weighted by molar-refractivity contribution is -0.109. The summed E-state index contributed by atoms with van der Waals surface area (Å²) in [6.07, 6.45) is 1.38. The van der Waals surface area contributed by atoms with Gasteiger partial charge in [-0.25, -0.2) is 13.2 Å². The van der Waals surface area contributed by atoms with Crippen molar-refractivity contribution in [1.29, 1.82) is 0 Å². The molecule has 1 unspecified atom stereocenters. The van der Waals surface area contributed by atoms with Gasteiger partial charge in [0.15, 0.2) is 11.6 Å². The van der Waals surface area contributed by atoms with Gasteiger partial charge < -0.3 is 9.35 Å². The molecule has 0 radical (unpaired) electrons. The molecule has 7 heteroatoms. The van der Waals surface area contributed by atoms with Crippen LogP contribution in [0.4, 0.5) is 13.2 Å². The van der Waals surface area contributed by atoms with Crippen LogP contribution in [0.3, 0.4) is 0 Å². The number of nitrogens with one attached hydrogen (secondary N) is 1. The summed E-state index contributed by atoms with van der Waals surface area (Å²) in [5.74, 6) is -2.14. The van der Waals surface area contributed by atoms with E-state index < -0.39 is 41.6 Å². The van der Waals surface area contributed by atoms with Crippen molar-refractivity contribution < 1.29 is 22.5 Å². The van der Waals surface area contributed by atoms with Crippen molar-refractivity contribution in [1.82, 2.24) is 4.72 Å². The summed E-state index contributed by atoms with van der Waals surface area (Å²) in [7, 11) is 0. The highest BCUT2D eigenvalue weighted by atomic mass is 32.2. The summed E-state index contributed by atoms with van der Waals surface area (Å²) < 4.78 is 55.2. The number of unbranched alkanes of at least 4 members (excludes halogenated alkanes) is 1. The van der Waals surface area contributed by atoms with Gasteiger partial charge in [0.2, 0.25) is 0 Å². The summed E-state index contributed by atoms with van der Waals surface area (Å²) in [5.41, 5.74) is -2.14. The first kappa shape index (κ1) is 18.0. The Labute approximate surface area is 125 Å². The van der Waals surface area contributed by atoms with E-state index in [0.29, 0.717) is 12.7 Å². The van der Waals surface area contributed by atoms with Gasteiger partial charge in [-0.15, -0.1) is 4.72 Å². The molecule has 118 valence electrons. The van der Waals surface area contributed by atoms with Gasteiger partial charge in [0, 0.05) is 23.3 Å². The number of carbonyl (C=O) groups is 1. The number of hydrogen-bond acceptors (Lipinski definition) is 3. The summed E-state index contributed by atoms with van der Waals surface area (Å²) in [5, 5.41) is 0. The van der Waals surface area contributed by atoms with Gasteiger partial charge in [-0.2, -0.15) is 0 Å². The van der Waals surface area contributed by atoms with Gasteiger partial charge in [-0.05, 0) is 12.5 Å². The van der Waals surface area contributed by atoms with Crippen LogP contribution in [0.15, 0.2) is 18.2 Å². The zero-order valence-corrected chi connectivity index (χ0v) is 12.5. The Morgan fingerprint density at radius 3 is 2.71 bits per heavy atom. The number of rotatable bonds is 9. The highest BCUT2D eigenvalue weighted by Crippen LogP contribution is 2.30. The maximum atomic E-state index is 13.9. The molecule has 3 nitrogen and oxygen atoms in total. The molecule has 0 aliphatic heterocycles. The van der Waals surface area contributed by atoms with Crippen molar-refractivity contribution in [3.05, 3.63) is 35.4 Å². The van der Waals surface area contributed by atoms with Crippen molar-refractivity contribution >= 4 is 17.6 Å². The van der Waals surface area contributed by atoms with E-state index in [2.05, 4.69) is 4.72 Å². The number of carbonyl (C=O) groups excluding carboxylic acids is 1. The fourth-order valence-electron chi connectivity index (χ4n) is 1.92. The predicted octanol–water partition coefficient (Wildman–Crippen LogP) is 2.77. The minimum atomic E-state index is -1.81. The SMILES string of the molecule is CCCC[S+]([O-])N[C@@](CF)(CC=O)c1cccc(F)c1F. The molecule has 1 N–H and O–H groups in total. The molecule has 0 heterocycles. The summed E-state index contributed by atoms with van der Waals surface area (Å²) in [4.78, 5) is 10.8. The zero-order chi connectivity index (χ0) is 15.9. The van der Waals surface area contributed by atoms with Gasteiger partial charge in [0.05, 0.1) is 0 Å². The zero-order valence-electron chi connectivity index (χ0n) is 11.7. The second-order valence-electron chi connectivity index (χ2n) is 4.69. The first-order valence-electron chi connectivity index (χ1n) is 6.61. The largest absolute Gasteiger partial charge is 0.598 e. The number of aldehydes is 1. The molecule has 0 saturated carbocycles. The molecule has 0 aromatic heterocycles. The third-order valence-electron chi connectivity index (χ3n) is 3.12. The molecule has 1 aromatic rings. The van der Waals surface area contributed by atoms with Crippen LogP contribution in [0, 0.1) is 11.6 Å². The minimum Gasteiger partial charge on any atom is -0.598 e. The monoisotopic (exact) mass is 321 g/mol. The van der Waals surface area contributed by atoms with Crippen LogP contribution < -0.4 is 4.72 Å². The molecule has 0 saturated heterocycles. The topological polar surface area (TPSA) is 52.2 Å². The van der Waals surface area contributed by atoms with Crippen LogP contribution in [-0.4, -0.2) is 23.3 Å². The molecule has 1 rings (SSSR count). The van der Waals surface area contributed by atoms with E-state index in [0.717, 1.165) is 12.5 Å². The molecular weight excluding hydrogens is 303 g/mol. The van der Waals surface area contributed by atoms with Crippen LogP contribution in [0.2, 0.25) is 0 Å². The van der Waals surface area contributed by atoms with E-state index in [9.17, 15) is 22.5 Å². The lowest BCUT2D eigenvalue weighted by Crippen LogP contribution is -2.49. The number of hydrogen-bond donors (Lipinski definition) is 1. The Morgan fingerprint density at radius 1 is 1.43 bits per heavy atom. The first-order chi connectivity index (χ1) is 10.0. The van der Waals surface area contributed by atoms with Crippen molar-refractivity contribution in [2.75, 3.05) is 12.4 Å². The van der Waals surface area contributed by atoms with Gasteiger partial charge >= 0.3 is 0 Å². The van der Waals surface area contributed by atoms with E-state index in [1.165, 1.54) is 12.1 Å². The standard InChI is InChI=1S/C14H18F3NO2S/c1-2-3-9-21(20)18-14(10-15,7-8-19)11-5-4-6-12(16)13(11)17/h4-6,8,18H,2-3,7,9-10H2,1H3/t14-,21?/m1/s1. The minimum absolute atomic E-state index is 0.244. The van der Waals surface area contributed by atoms with Crippen molar-refractivity contribution in [2.45, 2.75) is 31.7 Å². The van der Waals surface area contributed by atoms with Gasteiger partial charge in [0.25, 0.3) is 0 Å². The second kappa shape index (κ2) is 8.41. The fourth-order valence-corrected chi connectivity index (χ4v) is 3.26. The van der Waals surface area contributed by atoms with Crippen molar-refractivity contribution in [3.8, 4) is 0 Å². The van der Waals surface area contributed by atoms with Gasteiger partial charge in [-0.1, -0.05) is 25.5 Å². The Balaban J connectivity index is 3.13. The van der Waals surface area contributed by atoms with E-state index in [-0.39, 0.29) is 11.3 Å². The van der Waals surface area contributed by atoms with Crippen LogP contribution in [0.5, 0.6) is 0 Å². The summed E-state index contributed by atoms with van der Waals surface area (Å²) in [6, 6.07) is 3.31. The molecule has 2 atom stereocenters. The number of alkyl halides is 1. The van der Waals surface area contributed by atoms with E-state index in [1.54, 1.807) is 0 Å². The Kier molecular flexibility index (Phi) is 7.21. The summed E-state index contributed by atoms with van der Waals surface area (Å²) in [6.45, 7) is 0.723. The van der Waals surface area contributed by atoms with Crippen molar-refractivity contribution in [3.63, 3.8) is 0 Å².